The molecule has 0 aliphatic carbocycles. The number of phenols is 2. The zero-order valence-corrected chi connectivity index (χ0v) is 18.5. The molecule has 176 valence electrons. The van der Waals surface area contributed by atoms with E-state index in [4.69, 9.17) is 24.0 Å². The van der Waals surface area contributed by atoms with Gasteiger partial charge in [-0.25, -0.2) is 9.36 Å². The predicted molar refractivity (Wildman–Crippen MR) is 122 cm³/mol. The maximum absolute atomic E-state index is 12.9. The number of nitriles is 1. The van der Waals surface area contributed by atoms with Crippen molar-refractivity contribution in [1.29, 1.82) is 5.26 Å². The highest BCUT2D eigenvalue weighted by Crippen LogP contribution is 2.40. The Hall–Kier alpha value is -5.11. The van der Waals surface area contributed by atoms with Crippen molar-refractivity contribution in [3.05, 3.63) is 74.5 Å². The molecule has 2 aromatic carbocycles. The van der Waals surface area contributed by atoms with E-state index in [0.717, 1.165) is 0 Å². The first-order valence-electron chi connectivity index (χ1n) is 10.2. The van der Waals surface area contributed by atoms with E-state index in [1.54, 1.807) is 18.2 Å². The van der Waals surface area contributed by atoms with Gasteiger partial charge < -0.3 is 34.3 Å². The van der Waals surface area contributed by atoms with Gasteiger partial charge in [0, 0.05) is 0 Å². The van der Waals surface area contributed by atoms with Crippen LogP contribution in [0.15, 0.2) is 50.0 Å². The van der Waals surface area contributed by atoms with Crippen molar-refractivity contribution in [2.45, 2.75) is 5.92 Å². The molecule has 1 aliphatic heterocycles. The number of ether oxygens (including phenoxy) is 2. The lowest BCUT2D eigenvalue weighted by molar-refractivity contribution is 0.373. The first kappa shape index (κ1) is 21.7. The number of nitrogen functional groups attached to an aromatic ring is 1. The number of aromatic nitrogens is 2. The van der Waals surface area contributed by atoms with Gasteiger partial charge in [0.2, 0.25) is 11.4 Å². The van der Waals surface area contributed by atoms with Crippen LogP contribution in [-0.4, -0.2) is 34.0 Å². The second-order valence-corrected chi connectivity index (χ2v) is 7.62. The third kappa shape index (κ3) is 3.36. The number of benzene rings is 2. The summed E-state index contributed by atoms with van der Waals surface area (Å²) in [4.78, 5) is 17.2. The Labute approximate surface area is 196 Å². The fraction of sp³-hybridized carbons (Fsp3) is 0.125. The van der Waals surface area contributed by atoms with Gasteiger partial charge in [0.15, 0.2) is 23.0 Å². The number of fused-ring (bicyclic) bond motifs is 3. The molecule has 0 saturated carbocycles. The number of nitrogens with two attached hydrogens (primary N) is 1. The van der Waals surface area contributed by atoms with Gasteiger partial charge >= 0.3 is 5.63 Å². The van der Waals surface area contributed by atoms with Crippen LogP contribution in [0.25, 0.3) is 17.5 Å². The van der Waals surface area contributed by atoms with Gasteiger partial charge in [0.1, 0.15) is 22.7 Å². The highest BCUT2D eigenvalue weighted by Gasteiger charge is 2.36. The largest absolute Gasteiger partial charge is 0.504 e. The lowest BCUT2D eigenvalue weighted by Crippen LogP contribution is -2.35. The van der Waals surface area contributed by atoms with Crippen molar-refractivity contribution < 1.29 is 28.5 Å². The smallest absolute Gasteiger partial charge is 0.362 e. The summed E-state index contributed by atoms with van der Waals surface area (Å²) in [6, 6.07) is 11.1. The molecule has 35 heavy (non-hydrogen) atoms. The molecular formula is C24H18N4O7. The Morgan fingerprint density at radius 2 is 1.80 bits per heavy atom. The summed E-state index contributed by atoms with van der Waals surface area (Å²) < 4.78 is 22.8. The summed E-state index contributed by atoms with van der Waals surface area (Å²) in [6.45, 7) is 0. The van der Waals surface area contributed by atoms with Crippen molar-refractivity contribution in [3.8, 4) is 35.0 Å². The first-order valence-corrected chi connectivity index (χ1v) is 10.2. The van der Waals surface area contributed by atoms with E-state index in [-0.39, 0.29) is 57.1 Å². The lowest BCUT2D eigenvalue weighted by Gasteiger charge is -2.19. The Kier molecular flexibility index (Phi) is 4.99. The minimum absolute atomic E-state index is 0.0413. The summed E-state index contributed by atoms with van der Waals surface area (Å²) in [5.74, 6) is -0.443. The standard InChI is InChI=1S/C24H18N4O7/c1-32-17-8-11(3-5-15(17)29)7-14-23(31)34-21-13(10-25)19(12-4-6-16(30)18(9-12)33-2)20-22(28(14)21)35-24(26)27-20/h3-9,19,29-30H,1-2H3,(H2,26,27)/b14-7+/t19-/m1/s1. The van der Waals surface area contributed by atoms with Crippen molar-refractivity contribution in [3.63, 3.8) is 0 Å². The predicted octanol–water partition coefficient (Wildman–Crippen LogP) is 1.08. The number of rotatable bonds is 4. The fourth-order valence-electron chi connectivity index (χ4n) is 4.09. The van der Waals surface area contributed by atoms with Crippen molar-refractivity contribution in [2.24, 2.45) is 0 Å². The average Bonchev–Trinajstić information content (AvgIpc) is 3.38. The van der Waals surface area contributed by atoms with Gasteiger partial charge in [-0.2, -0.15) is 10.2 Å². The molecule has 0 bridgehead atoms. The molecule has 1 atom stereocenters. The number of oxazole rings is 2. The van der Waals surface area contributed by atoms with Crippen LogP contribution in [0.1, 0.15) is 22.7 Å². The minimum atomic E-state index is -0.808. The molecule has 0 radical (unpaired) electrons. The number of hydrogen-bond acceptors (Lipinski definition) is 10. The minimum Gasteiger partial charge on any atom is -0.504 e. The second-order valence-electron chi connectivity index (χ2n) is 7.62. The molecule has 0 saturated heterocycles. The lowest BCUT2D eigenvalue weighted by atomic mass is 9.87. The number of methoxy groups -OCH3 is 2. The molecule has 1 aliphatic rings. The van der Waals surface area contributed by atoms with E-state index >= 15 is 0 Å². The number of nitrogens with zero attached hydrogens (tertiary/aromatic N) is 3. The van der Waals surface area contributed by atoms with Gasteiger partial charge in [-0.15, -0.1) is 0 Å². The summed E-state index contributed by atoms with van der Waals surface area (Å²) in [6.07, 6.45) is 1.50. The Bertz CT molecular complexity index is 1700. The third-order valence-corrected chi connectivity index (χ3v) is 5.65. The molecule has 0 fully saturated rings. The van der Waals surface area contributed by atoms with Crippen molar-refractivity contribution in [1.82, 2.24) is 9.55 Å². The van der Waals surface area contributed by atoms with Crippen LogP contribution >= 0.6 is 0 Å². The van der Waals surface area contributed by atoms with Crippen LogP contribution in [0.5, 0.6) is 23.0 Å². The molecule has 3 heterocycles. The number of anilines is 1. The molecule has 4 N–H and O–H groups in total. The zero-order chi connectivity index (χ0) is 24.9. The fourth-order valence-corrected chi connectivity index (χ4v) is 4.09. The quantitative estimate of drug-likeness (QED) is 0.389. The zero-order valence-electron chi connectivity index (χ0n) is 18.5. The summed E-state index contributed by atoms with van der Waals surface area (Å²) in [5.41, 5.74) is 6.52. The van der Waals surface area contributed by atoms with E-state index in [1.807, 2.05) is 0 Å². The van der Waals surface area contributed by atoms with Gasteiger partial charge in [-0.05, 0) is 41.5 Å². The number of hydrogen-bond donors (Lipinski definition) is 3. The van der Waals surface area contributed by atoms with Crippen LogP contribution in [-0.2, 0) is 0 Å². The summed E-state index contributed by atoms with van der Waals surface area (Å²) >= 11 is 0. The second kappa shape index (κ2) is 8.03. The molecule has 11 heteroatoms. The van der Waals surface area contributed by atoms with Crippen LogP contribution in [0.4, 0.5) is 6.01 Å². The van der Waals surface area contributed by atoms with Crippen molar-refractivity contribution >= 4 is 17.7 Å². The maximum Gasteiger partial charge on any atom is 0.362 e. The summed E-state index contributed by atoms with van der Waals surface area (Å²) in [7, 11) is 2.81. The summed E-state index contributed by atoms with van der Waals surface area (Å²) in [5, 5.41) is 30.0. The average molecular weight is 474 g/mol. The van der Waals surface area contributed by atoms with Gasteiger partial charge in [0.05, 0.1) is 20.1 Å². The highest BCUT2D eigenvalue weighted by molar-refractivity contribution is 5.73. The van der Waals surface area contributed by atoms with E-state index in [2.05, 4.69) is 11.1 Å². The maximum atomic E-state index is 12.9. The highest BCUT2D eigenvalue weighted by atomic mass is 16.5. The van der Waals surface area contributed by atoms with E-state index in [9.17, 15) is 20.3 Å². The van der Waals surface area contributed by atoms with Gasteiger partial charge in [-0.3, -0.25) is 0 Å². The molecule has 0 unspecified atom stereocenters. The third-order valence-electron chi connectivity index (χ3n) is 5.65. The SMILES string of the molecule is COc1cc(/C=c2\c(=O)oc3n2-c2oc(N)nc2[C@H](c2ccc(O)c(OC)c2)C=3C#N)ccc1O. The van der Waals surface area contributed by atoms with Crippen LogP contribution in [0, 0.1) is 11.3 Å². The van der Waals surface area contributed by atoms with Gasteiger partial charge in [-0.1, -0.05) is 12.1 Å². The van der Waals surface area contributed by atoms with Crippen LogP contribution in [0.3, 0.4) is 0 Å². The van der Waals surface area contributed by atoms with E-state index in [1.165, 1.54) is 43.1 Å². The molecule has 0 amide bonds. The van der Waals surface area contributed by atoms with Crippen molar-refractivity contribution in [2.75, 3.05) is 20.0 Å². The van der Waals surface area contributed by atoms with E-state index in [0.29, 0.717) is 11.1 Å². The molecule has 2 aromatic heterocycles. The monoisotopic (exact) mass is 474 g/mol. The number of phenolic OH excluding ortho intramolecular Hbond substituents is 2. The molecule has 4 aromatic rings. The topological polar surface area (TPSA) is 170 Å². The van der Waals surface area contributed by atoms with E-state index < -0.39 is 11.5 Å². The molecule has 5 rings (SSSR count). The van der Waals surface area contributed by atoms with Crippen LogP contribution < -0.4 is 31.7 Å². The normalized spacial score (nSPS) is 14.8. The first-order chi connectivity index (χ1) is 16.9. The Morgan fingerprint density at radius 1 is 1.11 bits per heavy atom. The Morgan fingerprint density at radius 3 is 2.49 bits per heavy atom. The molecule has 11 nitrogen and oxygen atoms in total. The van der Waals surface area contributed by atoms with Crippen LogP contribution in [0.2, 0.25) is 0 Å². The molecule has 0 spiro atoms. The number of aromatic hydroxyl groups is 2. The molecular weight excluding hydrogens is 456 g/mol. The van der Waals surface area contributed by atoms with Gasteiger partial charge in [0.25, 0.3) is 6.01 Å². The Balaban J connectivity index is 1.84.